The van der Waals surface area contributed by atoms with Crippen molar-refractivity contribution in [1.29, 1.82) is 0 Å². The van der Waals surface area contributed by atoms with Gasteiger partial charge in [0.1, 0.15) is 0 Å². The van der Waals surface area contributed by atoms with E-state index >= 15 is 0 Å². The number of benzene rings is 1. The summed E-state index contributed by atoms with van der Waals surface area (Å²) in [4.78, 5) is 11.2. The average Bonchev–Trinajstić information content (AvgIpc) is 2.87. The zero-order valence-electron chi connectivity index (χ0n) is 11.5. The Balaban J connectivity index is 2.33. The maximum Gasteiger partial charge on any atom is 0.316 e. The molecule has 0 saturated heterocycles. The van der Waals surface area contributed by atoms with Gasteiger partial charge < -0.3 is 9.30 Å². The van der Waals surface area contributed by atoms with Crippen LogP contribution in [0.25, 0.3) is 11.4 Å². The molecule has 0 aliphatic carbocycles. The topological polar surface area (TPSA) is 57.0 Å². The molecule has 0 aliphatic heterocycles. The monoisotopic (exact) mass is 345 g/mol. The largest absolute Gasteiger partial charge is 0.468 e. The molecule has 5 nitrogen and oxygen atoms in total. The Hall–Kier alpha value is -1.24. The zero-order chi connectivity index (χ0) is 15.4. The lowest BCUT2D eigenvalue weighted by molar-refractivity contribution is -0.137. The van der Waals surface area contributed by atoms with Gasteiger partial charge in [-0.25, -0.2) is 0 Å². The molecule has 0 aliphatic rings. The summed E-state index contributed by atoms with van der Waals surface area (Å²) in [5, 5.41) is 9.99. The molecule has 2 aromatic rings. The number of ether oxygens (including phenoxy) is 1. The number of carbonyl (C=O) groups is 1. The van der Waals surface area contributed by atoms with E-state index in [4.69, 9.17) is 23.2 Å². The molecule has 0 spiro atoms. The summed E-state index contributed by atoms with van der Waals surface area (Å²) in [5.74, 6) is 0.520. The van der Waals surface area contributed by atoms with E-state index in [-0.39, 0.29) is 11.7 Å². The molecule has 1 aromatic heterocycles. The summed E-state index contributed by atoms with van der Waals surface area (Å²) in [6, 6.07) is 5.21. The molecule has 2 rings (SSSR count). The van der Waals surface area contributed by atoms with Gasteiger partial charge in [0.2, 0.25) is 0 Å². The van der Waals surface area contributed by atoms with Gasteiger partial charge in [0, 0.05) is 17.1 Å². The first kappa shape index (κ1) is 16.1. The van der Waals surface area contributed by atoms with Gasteiger partial charge in [-0.2, -0.15) is 0 Å². The second kappa shape index (κ2) is 7.15. The number of thioether (sulfide) groups is 1. The third-order valence-electron chi connectivity index (χ3n) is 2.75. The summed E-state index contributed by atoms with van der Waals surface area (Å²) in [5.41, 5.74) is 0.750. The number of methoxy groups -OCH3 is 1. The average molecular weight is 346 g/mol. The lowest BCUT2D eigenvalue weighted by Gasteiger charge is -2.08. The smallest absolute Gasteiger partial charge is 0.316 e. The predicted octanol–water partition coefficient (Wildman–Crippen LogP) is 3.54. The van der Waals surface area contributed by atoms with Crippen molar-refractivity contribution in [3.63, 3.8) is 0 Å². The Kier molecular flexibility index (Phi) is 5.50. The molecule has 0 bridgehead atoms. The Morgan fingerprint density at radius 2 is 2.14 bits per heavy atom. The van der Waals surface area contributed by atoms with E-state index in [9.17, 15) is 4.79 Å². The summed E-state index contributed by atoms with van der Waals surface area (Å²) >= 11 is 13.4. The van der Waals surface area contributed by atoms with E-state index in [0.29, 0.717) is 27.6 Å². The maximum atomic E-state index is 11.2. The second-order valence-electron chi connectivity index (χ2n) is 4.04. The van der Waals surface area contributed by atoms with E-state index < -0.39 is 0 Å². The quantitative estimate of drug-likeness (QED) is 0.612. The van der Waals surface area contributed by atoms with Crippen molar-refractivity contribution in [2.45, 2.75) is 18.6 Å². The number of rotatable bonds is 5. The van der Waals surface area contributed by atoms with Gasteiger partial charge in [-0.15, -0.1) is 10.2 Å². The van der Waals surface area contributed by atoms with Crippen molar-refractivity contribution in [1.82, 2.24) is 14.8 Å². The molecule has 0 unspecified atom stereocenters. The summed E-state index contributed by atoms with van der Waals surface area (Å²) in [6.07, 6.45) is 0. The molecule has 0 radical (unpaired) electrons. The van der Waals surface area contributed by atoms with Crippen LogP contribution in [0.3, 0.4) is 0 Å². The molecule has 0 atom stereocenters. The standard InChI is InChI=1S/C13H13Cl2N3O2S/c1-3-18-12(9-5-4-8(14)6-10(9)15)16-17-13(18)21-7-11(19)20-2/h4-6H,3,7H2,1-2H3. The number of hydrogen-bond donors (Lipinski definition) is 0. The van der Waals surface area contributed by atoms with Crippen LogP contribution in [0, 0.1) is 0 Å². The highest BCUT2D eigenvalue weighted by Crippen LogP contribution is 2.31. The van der Waals surface area contributed by atoms with Crippen molar-refractivity contribution in [3.8, 4) is 11.4 Å². The van der Waals surface area contributed by atoms with Crippen molar-refractivity contribution in [3.05, 3.63) is 28.2 Å². The molecular formula is C13H13Cl2N3O2S. The van der Waals surface area contributed by atoms with Gasteiger partial charge in [-0.05, 0) is 25.1 Å². The number of halogens is 2. The van der Waals surface area contributed by atoms with Gasteiger partial charge >= 0.3 is 5.97 Å². The van der Waals surface area contributed by atoms with Gasteiger partial charge in [-0.1, -0.05) is 35.0 Å². The summed E-state index contributed by atoms with van der Waals surface area (Å²) in [7, 11) is 1.35. The minimum absolute atomic E-state index is 0.184. The van der Waals surface area contributed by atoms with Crippen LogP contribution in [0.1, 0.15) is 6.92 Å². The van der Waals surface area contributed by atoms with Crippen LogP contribution in [-0.2, 0) is 16.1 Å². The van der Waals surface area contributed by atoms with Crippen molar-refractivity contribution < 1.29 is 9.53 Å². The van der Waals surface area contributed by atoms with Gasteiger partial charge in [-0.3, -0.25) is 4.79 Å². The fourth-order valence-corrected chi connectivity index (χ4v) is 3.06. The SMILES string of the molecule is CCn1c(SCC(=O)OC)nnc1-c1ccc(Cl)cc1Cl. The van der Waals surface area contributed by atoms with Crippen molar-refractivity contribution >= 4 is 40.9 Å². The van der Waals surface area contributed by atoms with Crippen LogP contribution in [0.2, 0.25) is 10.0 Å². The van der Waals surface area contributed by atoms with Crippen LogP contribution < -0.4 is 0 Å². The molecule has 0 fully saturated rings. The van der Waals surface area contributed by atoms with Crippen LogP contribution in [0.15, 0.2) is 23.4 Å². The fourth-order valence-electron chi connectivity index (χ4n) is 1.73. The van der Waals surface area contributed by atoms with Gasteiger partial charge in [0.15, 0.2) is 11.0 Å². The molecule has 1 heterocycles. The highest BCUT2D eigenvalue weighted by atomic mass is 35.5. The highest BCUT2D eigenvalue weighted by Gasteiger charge is 2.16. The number of nitrogens with zero attached hydrogens (tertiary/aromatic N) is 3. The molecule has 0 N–H and O–H groups in total. The fraction of sp³-hybridized carbons (Fsp3) is 0.308. The molecular weight excluding hydrogens is 333 g/mol. The van der Waals surface area contributed by atoms with Gasteiger partial charge in [0.05, 0.1) is 17.9 Å². The lowest BCUT2D eigenvalue weighted by atomic mass is 10.2. The predicted molar refractivity (Wildman–Crippen MR) is 83.9 cm³/mol. The molecule has 21 heavy (non-hydrogen) atoms. The minimum Gasteiger partial charge on any atom is -0.468 e. The Morgan fingerprint density at radius 3 is 2.76 bits per heavy atom. The lowest BCUT2D eigenvalue weighted by Crippen LogP contribution is -2.05. The minimum atomic E-state index is -0.309. The van der Waals surface area contributed by atoms with Crippen molar-refractivity contribution in [2.75, 3.05) is 12.9 Å². The molecule has 8 heteroatoms. The summed E-state index contributed by atoms with van der Waals surface area (Å²) < 4.78 is 6.51. The first-order valence-corrected chi connectivity index (χ1v) is 7.89. The molecule has 1 aromatic carbocycles. The number of carbonyl (C=O) groups excluding carboxylic acids is 1. The molecule has 0 amide bonds. The molecule has 0 saturated carbocycles. The zero-order valence-corrected chi connectivity index (χ0v) is 13.8. The summed E-state index contributed by atoms with van der Waals surface area (Å²) in [6.45, 7) is 2.63. The van der Waals surface area contributed by atoms with Crippen LogP contribution >= 0.6 is 35.0 Å². The normalized spacial score (nSPS) is 10.7. The van der Waals surface area contributed by atoms with Crippen LogP contribution in [0.5, 0.6) is 0 Å². The second-order valence-corrected chi connectivity index (χ2v) is 5.83. The van der Waals surface area contributed by atoms with E-state index in [1.165, 1.54) is 18.9 Å². The third kappa shape index (κ3) is 3.70. The van der Waals surface area contributed by atoms with Crippen LogP contribution in [0.4, 0.5) is 0 Å². The number of esters is 1. The first-order valence-electron chi connectivity index (χ1n) is 6.15. The molecule has 112 valence electrons. The Labute approximate surface area is 136 Å². The first-order chi connectivity index (χ1) is 10.1. The highest BCUT2D eigenvalue weighted by molar-refractivity contribution is 7.99. The van der Waals surface area contributed by atoms with E-state index in [1.807, 2.05) is 11.5 Å². The van der Waals surface area contributed by atoms with Crippen molar-refractivity contribution in [2.24, 2.45) is 0 Å². The Morgan fingerprint density at radius 1 is 1.38 bits per heavy atom. The van der Waals surface area contributed by atoms with Crippen LogP contribution in [-0.4, -0.2) is 33.6 Å². The third-order valence-corrected chi connectivity index (χ3v) is 4.24. The Bertz CT molecular complexity index is 661. The van der Waals surface area contributed by atoms with E-state index in [2.05, 4.69) is 14.9 Å². The maximum absolute atomic E-state index is 11.2. The van der Waals surface area contributed by atoms with Gasteiger partial charge in [0.25, 0.3) is 0 Å². The number of hydrogen-bond acceptors (Lipinski definition) is 5. The van der Waals surface area contributed by atoms with E-state index in [1.54, 1.807) is 18.2 Å². The van der Waals surface area contributed by atoms with E-state index in [0.717, 1.165) is 5.56 Å². The number of aromatic nitrogens is 3.